The van der Waals surface area contributed by atoms with Crippen molar-refractivity contribution in [3.8, 4) is 17.0 Å². The van der Waals surface area contributed by atoms with Crippen LogP contribution in [0.15, 0.2) is 18.2 Å². The Labute approximate surface area is 188 Å². The van der Waals surface area contributed by atoms with E-state index in [4.69, 9.17) is 4.74 Å². The number of nitrogens with zero attached hydrogens (tertiary/aromatic N) is 3. The minimum atomic E-state index is -0.561. The summed E-state index contributed by atoms with van der Waals surface area (Å²) >= 11 is 1.65. The molecule has 1 saturated carbocycles. The maximum absolute atomic E-state index is 13.2. The Kier molecular flexibility index (Phi) is 6.32. The maximum Gasteiger partial charge on any atom is 0.268 e. The lowest BCUT2D eigenvalue weighted by Crippen LogP contribution is -2.51. The molecule has 6 nitrogen and oxygen atoms in total. The van der Waals surface area contributed by atoms with Crippen molar-refractivity contribution < 1.29 is 14.3 Å². The molecule has 2 aromatic rings. The molecule has 1 aliphatic carbocycles. The minimum Gasteiger partial charge on any atom is -0.478 e. The summed E-state index contributed by atoms with van der Waals surface area (Å²) in [6.07, 6.45) is 5.65. The summed E-state index contributed by atoms with van der Waals surface area (Å²) in [5.41, 5.74) is 2.51. The summed E-state index contributed by atoms with van der Waals surface area (Å²) in [6, 6.07) is 6.09. The molecule has 1 aromatic heterocycles. The van der Waals surface area contributed by atoms with Crippen LogP contribution in [-0.4, -0.2) is 47.4 Å². The van der Waals surface area contributed by atoms with Gasteiger partial charge in [0.05, 0.1) is 16.4 Å². The lowest BCUT2D eigenvalue weighted by Gasteiger charge is -2.36. The van der Waals surface area contributed by atoms with Crippen LogP contribution in [0.4, 0.5) is 5.69 Å². The number of amides is 2. The van der Waals surface area contributed by atoms with E-state index in [0.717, 1.165) is 46.8 Å². The van der Waals surface area contributed by atoms with Crippen LogP contribution < -0.4 is 9.64 Å². The summed E-state index contributed by atoms with van der Waals surface area (Å²) in [4.78, 5) is 35.6. The first-order chi connectivity index (χ1) is 14.9. The summed E-state index contributed by atoms with van der Waals surface area (Å²) in [5.74, 6) is 0.477. The molecular formula is C24H31N3O3S. The zero-order valence-corrected chi connectivity index (χ0v) is 19.6. The normalized spacial score (nSPS) is 19.2. The zero-order chi connectivity index (χ0) is 22.1. The monoisotopic (exact) mass is 441 g/mol. The van der Waals surface area contributed by atoms with Crippen molar-refractivity contribution >= 4 is 28.8 Å². The first kappa shape index (κ1) is 21.8. The molecule has 1 aliphatic heterocycles. The molecule has 0 spiro atoms. The number of thiazole rings is 1. The fraction of sp³-hybridized carbons (Fsp3) is 0.542. The lowest BCUT2D eigenvalue weighted by molar-refractivity contribution is -0.134. The third kappa shape index (κ3) is 4.33. The summed E-state index contributed by atoms with van der Waals surface area (Å²) in [6.45, 7) is 6.01. The Hall–Kier alpha value is -2.41. The number of fused-ring (bicyclic) bond motifs is 1. The number of benzene rings is 1. The van der Waals surface area contributed by atoms with Gasteiger partial charge in [-0.15, -0.1) is 11.3 Å². The molecule has 1 aromatic carbocycles. The number of carbonyl (C=O) groups excluding carboxylic acids is 2. The maximum atomic E-state index is 13.2. The summed E-state index contributed by atoms with van der Waals surface area (Å²) in [5, 5.41) is 1.00. The van der Waals surface area contributed by atoms with Crippen molar-refractivity contribution in [2.75, 3.05) is 18.5 Å². The average molecular weight is 442 g/mol. The van der Waals surface area contributed by atoms with E-state index in [2.05, 4.69) is 11.9 Å². The van der Waals surface area contributed by atoms with Gasteiger partial charge in [0.2, 0.25) is 5.91 Å². The number of anilines is 1. The fourth-order valence-electron chi connectivity index (χ4n) is 4.61. The molecule has 4 rings (SSSR count). The predicted octanol–water partition coefficient (Wildman–Crippen LogP) is 4.72. The number of likely N-dealkylation sites (N-methyl/N-ethyl adjacent to an activating group) is 1. The second kappa shape index (κ2) is 8.99. The molecule has 166 valence electrons. The van der Waals surface area contributed by atoms with Gasteiger partial charge in [0, 0.05) is 23.5 Å². The molecule has 0 saturated heterocycles. The first-order valence-corrected chi connectivity index (χ1v) is 12.0. The Balaban J connectivity index is 1.65. The molecule has 1 fully saturated rings. The molecule has 1 unspecified atom stereocenters. The fourth-order valence-corrected chi connectivity index (χ4v) is 5.45. The van der Waals surface area contributed by atoms with E-state index in [1.54, 1.807) is 16.2 Å². The van der Waals surface area contributed by atoms with E-state index >= 15 is 0 Å². The third-order valence-corrected chi connectivity index (χ3v) is 7.30. The van der Waals surface area contributed by atoms with E-state index in [1.807, 2.05) is 44.0 Å². The highest BCUT2D eigenvalue weighted by atomic mass is 32.1. The van der Waals surface area contributed by atoms with E-state index in [9.17, 15) is 9.59 Å². The lowest BCUT2D eigenvalue weighted by atomic mass is 9.94. The van der Waals surface area contributed by atoms with Crippen LogP contribution >= 0.6 is 11.3 Å². The number of aromatic nitrogens is 1. The van der Waals surface area contributed by atoms with Crippen LogP contribution in [0.2, 0.25) is 0 Å². The van der Waals surface area contributed by atoms with Crippen molar-refractivity contribution in [1.29, 1.82) is 0 Å². The highest BCUT2D eigenvalue weighted by Gasteiger charge is 2.36. The second-order valence-electron chi connectivity index (χ2n) is 8.56. The van der Waals surface area contributed by atoms with Gasteiger partial charge in [-0.05, 0) is 51.3 Å². The summed E-state index contributed by atoms with van der Waals surface area (Å²) < 4.78 is 5.97. The van der Waals surface area contributed by atoms with Gasteiger partial charge in [0.15, 0.2) is 6.10 Å². The Morgan fingerprint density at radius 2 is 2.00 bits per heavy atom. The van der Waals surface area contributed by atoms with Gasteiger partial charge in [-0.2, -0.15) is 0 Å². The molecule has 2 heterocycles. The SMILES string of the molecule is CCC1Oc2ccc(-c3nc(C)sc3C)cc2N(CC(=O)N(C)C2CCCCC2)C1=O. The first-order valence-electron chi connectivity index (χ1n) is 11.2. The van der Waals surface area contributed by atoms with Crippen molar-refractivity contribution in [3.05, 3.63) is 28.1 Å². The number of hydrogen-bond acceptors (Lipinski definition) is 5. The minimum absolute atomic E-state index is 0.0194. The van der Waals surface area contributed by atoms with Crippen LogP contribution in [0.5, 0.6) is 5.75 Å². The Bertz CT molecular complexity index is 980. The topological polar surface area (TPSA) is 62.7 Å². The van der Waals surface area contributed by atoms with E-state index < -0.39 is 6.10 Å². The smallest absolute Gasteiger partial charge is 0.268 e. The van der Waals surface area contributed by atoms with Crippen LogP contribution in [0, 0.1) is 13.8 Å². The van der Waals surface area contributed by atoms with Crippen LogP contribution in [0.1, 0.15) is 55.3 Å². The van der Waals surface area contributed by atoms with Crippen molar-refractivity contribution in [2.45, 2.75) is 71.4 Å². The number of ether oxygens (including phenoxy) is 1. The van der Waals surface area contributed by atoms with E-state index in [0.29, 0.717) is 17.9 Å². The predicted molar refractivity (Wildman–Crippen MR) is 124 cm³/mol. The highest BCUT2D eigenvalue weighted by Crippen LogP contribution is 2.39. The molecule has 0 radical (unpaired) electrons. The molecule has 31 heavy (non-hydrogen) atoms. The Morgan fingerprint density at radius 1 is 1.26 bits per heavy atom. The largest absolute Gasteiger partial charge is 0.478 e. The zero-order valence-electron chi connectivity index (χ0n) is 18.8. The standard InChI is InChI=1S/C24H31N3O3S/c1-5-20-24(29)27(14-22(28)26(4)18-9-7-6-8-10-18)19-13-17(11-12-21(19)30-20)23-15(2)31-16(3)25-23/h11-13,18,20H,5-10,14H2,1-4H3. The number of rotatable bonds is 5. The Morgan fingerprint density at radius 3 is 2.65 bits per heavy atom. The third-order valence-electron chi connectivity index (χ3n) is 6.42. The molecule has 1 atom stereocenters. The second-order valence-corrected chi connectivity index (χ2v) is 9.96. The van der Waals surface area contributed by atoms with Gasteiger partial charge in [0.25, 0.3) is 5.91 Å². The van der Waals surface area contributed by atoms with Crippen LogP contribution in [-0.2, 0) is 9.59 Å². The molecule has 2 amide bonds. The van der Waals surface area contributed by atoms with Crippen LogP contribution in [0.3, 0.4) is 0 Å². The number of aryl methyl sites for hydroxylation is 2. The molecule has 0 bridgehead atoms. The van der Waals surface area contributed by atoms with E-state index in [-0.39, 0.29) is 24.4 Å². The van der Waals surface area contributed by atoms with Gasteiger partial charge in [-0.1, -0.05) is 26.2 Å². The van der Waals surface area contributed by atoms with Crippen molar-refractivity contribution in [3.63, 3.8) is 0 Å². The number of carbonyl (C=O) groups is 2. The van der Waals surface area contributed by atoms with Gasteiger partial charge in [0.1, 0.15) is 12.3 Å². The van der Waals surface area contributed by atoms with Crippen molar-refractivity contribution in [2.24, 2.45) is 0 Å². The number of hydrogen-bond donors (Lipinski definition) is 0. The summed E-state index contributed by atoms with van der Waals surface area (Å²) in [7, 11) is 1.87. The quantitative estimate of drug-likeness (QED) is 0.673. The van der Waals surface area contributed by atoms with Gasteiger partial charge in [-0.25, -0.2) is 4.98 Å². The molecule has 2 aliphatic rings. The van der Waals surface area contributed by atoms with Gasteiger partial charge >= 0.3 is 0 Å². The molecule has 7 heteroatoms. The van der Waals surface area contributed by atoms with Crippen molar-refractivity contribution in [1.82, 2.24) is 9.88 Å². The average Bonchev–Trinajstić information content (AvgIpc) is 3.12. The van der Waals surface area contributed by atoms with Gasteiger partial charge < -0.3 is 9.64 Å². The van der Waals surface area contributed by atoms with E-state index in [1.165, 1.54) is 6.42 Å². The molecule has 0 N–H and O–H groups in total. The van der Waals surface area contributed by atoms with Crippen LogP contribution in [0.25, 0.3) is 11.3 Å². The molecular weight excluding hydrogens is 410 g/mol. The van der Waals surface area contributed by atoms with Gasteiger partial charge in [-0.3, -0.25) is 14.5 Å². The highest BCUT2D eigenvalue weighted by molar-refractivity contribution is 7.11.